The molecule has 0 saturated carbocycles. The average molecular weight is 271 g/mol. The highest BCUT2D eigenvalue weighted by atomic mass is 16.5. The number of nitrogens with two attached hydrogens (primary N) is 1. The van der Waals surface area contributed by atoms with E-state index in [2.05, 4.69) is 19.9 Å². The van der Waals surface area contributed by atoms with E-state index in [0.717, 1.165) is 22.6 Å². The molecule has 3 nitrogen and oxygen atoms in total. The van der Waals surface area contributed by atoms with Gasteiger partial charge in [-0.3, -0.25) is 0 Å². The molecular formula is C17H21NO2. The number of aryl methyl sites for hydroxylation is 1. The fraction of sp³-hybridized carbons (Fsp3) is 0.294. The van der Waals surface area contributed by atoms with Gasteiger partial charge in [0.1, 0.15) is 17.6 Å². The lowest BCUT2D eigenvalue weighted by molar-refractivity contribution is 0.207. The summed E-state index contributed by atoms with van der Waals surface area (Å²) >= 11 is 0. The second-order valence-corrected chi connectivity index (χ2v) is 4.78. The van der Waals surface area contributed by atoms with E-state index in [0.29, 0.717) is 6.54 Å². The van der Waals surface area contributed by atoms with Crippen LogP contribution in [0.4, 0.5) is 0 Å². The molecule has 0 aromatic heterocycles. The number of ether oxygens (including phenoxy) is 2. The van der Waals surface area contributed by atoms with Crippen molar-refractivity contribution >= 4 is 0 Å². The minimum absolute atomic E-state index is 0.216. The fourth-order valence-electron chi connectivity index (χ4n) is 2.18. The molecule has 1 unspecified atom stereocenters. The molecule has 0 radical (unpaired) electrons. The Balaban J connectivity index is 2.31. The van der Waals surface area contributed by atoms with E-state index in [-0.39, 0.29) is 6.10 Å². The molecule has 0 aliphatic rings. The molecule has 0 saturated heterocycles. The van der Waals surface area contributed by atoms with Crippen molar-refractivity contribution < 1.29 is 9.47 Å². The summed E-state index contributed by atoms with van der Waals surface area (Å²) in [7, 11) is 1.66. The Kier molecular flexibility index (Phi) is 4.64. The summed E-state index contributed by atoms with van der Waals surface area (Å²) < 4.78 is 11.5. The molecule has 0 heterocycles. The SMILES string of the molecule is COc1ccccc1C(CN)Oc1cccc(C)c1C. The summed E-state index contributed by atoms with van der Waals surface area (Å²) in [5.74, 6) is 1.67. The second kappa shape index (κ2) is 6.44. The minimum atomic E-state index is -0.216. The first-order chi connectivity index (χ1) is 9.67. The largest absolute Gasteiger partial charge is 0.496 e. The summed E-state index contributed by atoms with van der Waals surface area (Å²) in [6.45, 7) is 4.52. The highest BCUT2D eigenvalue weighted by Gasteiger charge is 2.17. The van der Waals surface area contributed by atoms with Gasteiger partial charge in [-0.15, -0.1) is 0 Å². The van der Waals surface area contributed by atoms with Gasteiger partial charge >= 0.3 is 0 Å². The molecule has 2 aromatic rings. The Morgan fingerprint density at radius 1 is 1.00 bits per heavy atom. The Labute approximate surface area is 120 Å². The van der Waals surface area contributed by atoms with Crippen molar-refractivity contribution in [2.24, 2.45) is 5.73 Å². The zero-order chi connectivity index (χ0) is 14.5. The minimum Gasteiger partial charge on any atom is -0.496 e. The van der Waals surface area contributed by atoms with Crippen molar-refractivity contribution in [2.45, 2.75) is 20.0 Å². The van der Waals surface area contributed by atoms with Gasteiger partial charge in [-0.05, 0) is 37.1 Å². The van der Waals surface area contributed by atoms with E-state index in [9.17, 15) is 0 Å². The number of hydrogen-bond donors (Lipinski definition) is 1. The molecule has 3 heteroatoms. The van der Waals surface area contributed by atoms with E-state index in [4.69, 9.17) is 15.2 Å². The monoisotopic (exact) mass is 271 g/mol. The van der Waals surface area contributed by atoms with Crippen LogP contribution in [0.3, 0.4) is 0 Å². The number of benzene rings is 2. The summed E-state index contributed by atoms with van der Waals surface area (Å²) in [4.78, 5) is 0. The van der Waals surface area contributed by atoms with Gasteiger partial charge in [0.15, 0.2) is 0 Å². The molecule has 1 atom stereocenters. The van der Waals surface area contributed by atoms with Crippen molar-refractivity contribution in [1.82, 2.24) is 0 Å². The maximum Gasteiger partial charge on any atom is 0.139 e. The lowest BCUT2D eigenvalue weighted by Crippen LogP contribution is -2.19. The van der Waals surface area contributed by atoms with Crippen molar-refractivity contribution in [3.8, 4) is 11.5 Å². The first-order valence-electron chi connectivity index (χ1n) is 6.73. The maximum absolute atomic E-state index is 6.10. The highest BCUT2D eigenvalue weighted by Crippen LogP contribution is 2.30. The quantitative estimate of drug-likeness (QED) is 0.906. The topological polar surface area (TPSA) is 44.5 Å². The summed E-state index contributed by atoms with van der Waals surface area (Å²) in [5, 5.41) is 0. The lowest BCUT2D eigenvalue weighted by Gasteiger charge is -2.21. The smallest absolute Gasteiger partial charge is 0.139 e. The lowest BCUT2D eigenvalue weighted by atomic mass is 10.1. The number of para-hydroxylation sites is 1. The van der Waals surface area contributed by atoms with Crippen molar-refractivity contribution in [1.29, 1.82) is 0 Å². The molecule has 0 fully saturated rings. The predicted octanol–water partition coefficient (Wildman–Crippen LogP) is 3.39. The third-order valence-electron chi connectivity index (χ3n) is 3.52. The third-order valence-corrected chi connectivity index (χ3v) is 3.52. The van der Waals surface area contributed by atoms with Crippen LogP contribution < -0.4 is 15.2 Å². The van der Waals surface area contributed by atoms with Crippen LogP contribution in [0.2, 0.25) is 0 Å². The van der Waals surface area contributed by atoms with Crippen LogP contribution in [0.1, 0.15) is 22.8 Å². The van der Waals surface area contributed by atoms with Gasteiger partial charge < -0.3 is 15.2 Å². The van der Waals surface area contributed by atoms with Gasteiger partial charge in [-0.2, -0.15) is 0 Å². The van der Waals surface area contributed by atoms with Crippen LogP contribution in [0.25, 0.3) is 0 Å². The fourth-order valence-corrected chi connectivity index (χ4v) is 2.18. The Morgan fingerprint density at radius 3 is 2.40 bits per heavy atom. The molecule has 106 valence electrons. The van der Waals surface area contributed by atoms with E-state index < -0.39 is 0 Å². The molecule has 2 N–H and O–H groups in total. The molecule has 0 spiro atoms. The van der Waals surface area contributed by atoms with E-state index in [1.807, 2.05) is 36.4 Å². The van der Waals surface area contributed by atoms with E-state index >= 15 is 0 Å². The van der Waals surface area contributed by atoms with Gasteiger partial charge in [-0.25, -0.2) is 0 Å². The number of methoxy groups -OCH3 is 1. The van der Waals surface area contributed by atoms with Crippen molar-refractivity contribution in [2.75, 3.05) is 13.7 Å². The van der Waals surface area contributed by atoms with Crippen LogP contribution in [0.15, 0.2) is 42.5 Å². The summed E-state index contributed by atoms with van der Waals surface area (Å²) in [6.07, 6.45) is -0.216. The number of rotatable bonds is 5. The third kappa shape index (κ3) is 2.94. The molecule has 20 heavy (non-hydrogen) atoms. The highest BCUT2D eigenvalue weighted by molar-refractivity contribution is 5.40. The standard InChI is InChI=1S/C17H21NO2/c1-12-7-6-10-15(13(12)2)20-17(11-18)14-8-4-5-9-16(14)19-3/h4-10,17H,11,18H2,1-3H3. The molecule has 0 bridgehead atoms. The summed E-state index contributed by atoms with van der Waals surface area (Å²) in [5.41, 5.74) is 9.20. The predicted molar refractivity (Wildman–Crippen MR) is 81.3 cm³/mol. The van der Waals surface area contributed by atoms with Crippen LogP contribution in [0.5, 0.6) is 11.5 Å². The molecule has 0 aliphatic carbocycles. The Bertz CT molecular complexity index is 581. The Morgan fingerprint density at radius 2 is 1.70 bits per heavy atom. The van der Waals surface area contributed by atoms with E-state index in [1.54, 1.807) is 7.11 Å². The van der Waals surface area contributed by atoms with Crippen LogP contribution in [0, 0.1) is 13.8 Å². The normalized spacial score (nSPS) is 12.0. The molecular weight excluding hydrogens is 250 g/mol. The molecule has 2 rings (SSSR count). The molecule has 0 amide bonds. The molecule has 0 aliphatic heterocycles. The average Bonchev–Trinajstić information content (AvgIpc) is 2.49. The first kappa shape index (κ1) is 14.4. The van der Waals surface area contributed by atoms with Crippen LogP contribution in [-0.4, -0.2) is 13.7 Å². The van der Waals surface area contributed by atoms with Crippen LogP contribution >= 0.6 is 0 Å². The van der Waals surface area contributed by atoms with Crippen LogP contribution in [-0.2, 0) is 0 Å². The zero-order valence-electron chi connectivity index (χ0n) is 12.2. The summed E-state index contributed by atoms with van der Waals surface area (Å²) in [6, 6.07) is 13.9. The van der Waals surface area contributed by atoms with Crippen molar-refractivity contribution in [3.63, 3.8) is 0 Å². The van der Waals surface area contributed by atoms with Gasteiger partial charge in [-0.1, -0.05) is 30.3 Å². The van der Waals surface area contributed by atoms with Gasteiger partial charge in [0, 0.05) is 12.1 Å². The zero-order valence-corrected chi connectivity index (χ0v) is 12.2. The first-order valence-corrected chi connectivity index (χ1v) is 6.73. The number of hydrogen-bond acceptors (Lipinski definition) is 3. The van der Waals surface area contributed by atoms with E-state index in [1.165, 1.54) is 5.56 Å². The molecule has 2 aromatic carbocycles. The second-order valence-electron chi connectivity index (χ2n) is 4.78. The van der Waals surface area contributed by atoms with Gasteiger partial charge in [0.25, 0.3) is 0 Å². The maximum atomic E-state index is 6.10. The van der Waals surface area contributed by atoms with Gasteiger partial charge in [0.2, 0.25) is 0 Å². The van der Waals surface area contributed by atoms with Gasteiger partial charge in [0.05, 0.1) is 7.11 Å². The Hall–Kier alpha value is -2.00. The van der Waals surface area contributed by atoms with Crippen molar-refractivity contribution in [3.05, 3.63) is 59.2 Å².